The molecule has 5 nitrogen and oxygen atoms in total. The molecule has 1 aromatic heterocycles. The number of carbonyl (C=O) groups is 1. The highest BCUT2D eigenvalue weighted by Crippen LogP contribution is 2.35. The summed E-state index contributed by atoms with van der Waals surface area (Å²) in [6.07, 6.45) is 5.31. The van der Waals surface area contributed by atoms with Crippen molar-refractivity contribution in [3.63, 3.8) is 0 Å². The Morgan fingerprint density at radius 1 is 1.37 bits per heavy atom. The topological polar surface area (TPSA) is 83.0 Å². The molecule has 19 heavy (non-hydrogen) atoms. The Bertz CT molecular complexity index is 519. The van der Waals surface area contributed by atoms with Crippen LogP contribution in [0.25, 0.3) is 0 Å². The molecule has 2 saturated heterocycles. The minimum atomic E-state index is -0.0242. The summed E-state index contributed by atoms with van der Waals surface area (Å²) in [5, 5.41) is 8.74. The number of nitriles is 1. The van der Waals surface area contributed by atoms with E-state index in [1.165, 1.54) is 6.20 Å². The van der Waals surface area contributed by atoms with E-state index in [0.29, 0.717) is 11.3 Å². The van der Waals surface area contributed by atoms with Gasteiger partial charge in [-0.2, -0.15) is 5.26 Å². The number of nitrogens with zero attached hydrogens (tertiary/aromatic N) is 3. The summed E-state index contributed by atoms with van der Waals surface area (Å²) in [4.78, 5) is 18.6. The van der Waals surface area contributed by atoms with Gasteiger partial charge in [-0.1, -0.05) is 0 Å². The summed E-state index contributed by atoms with van der Waals surface area (Å²) in [6.45, 7) is 0. The van der Waals surface area contributed by atoms with Crippen molar-refractivity contribution in [3.05, 3.63) is 29.6 Å². The average molecular weight is 256 g/mol. The molecular weight excluding hydrogens is 240 g/mol. The molecule has 2 N–H and O–H groups in total. The summed E-state index contributed by atoms with van der Waals surface area (Å²) < 4.78 is 0. The van der Waals surface area contributed by atoms with Gasteiger partial charge in [0.25, 0.3) is 5.91 Å². The minimum Gasteiger partial charge on any atom is -0.331 e. The summed E-state index contributed by atoms with van der Waals surface area (Å²) >= 11 is 0. The zero-order chi connectivity index (χ0) is 13.4. The van der Waals surface area contributed by atoms with E-state index < -0.39 is 0 Å². The quantitative estimate of drug-likeness (QED) is 0.814. The molecule has 2 bridgehead atoms. The predicted molar refractivity (Wildman–Crippen MR) is 69.1 cm³/mol. The van der Waals surface area contributed by atoms with Crippen LogP contribution >= 0.6 is 0 Å². The highest BCUT2D eigenvalue weighted by molar-refractivity contribution is 5.93. The molecule has 98 valence electrons. The summed E-state index contributed by atoms with van der Waals surface area (Å²) in [5.41, 5.74) is 6.90. The Morgan fingerprint density at radius 2 is 2.05 bits per heavy atom. The third-order valence-electron chi connectivity index (χ3n) is 4.12. The van der Waals surface area contributed by atoms with Crippen molar-refractivity contribution < 1.29 is 4.79 Å². The van der Waals surface area contributed by atoms with Gasteiger partial charge in [0, 0.05) is 24.3 Å². The van der Waals surface area contributed by atoms with Crippen LogP contribution in [0.15, 0.2) is 18.3 Å². The summed E-state index contributed by atoms with van der Waals surface area (Å²) in [6, 6.07) is 6.02. The zero-order valence-electron chi connectivity index (χ0n) is 10.6. The molecule has 5 heteroatoms. The number of piperidine rings is 1. The smallest absolute Gasteiger partial charge is 0.272 e. The maximum atomic E-state index is 12.5. The van der Waals surface area contributed by atoms with Crippen LogP contribution in [0.1, 0.15) is 41.7 Å². The molecular formula is C14H16N4O. The van der Waals surface area contributed by atoms with Crippen molar-refractivity contribution in [1.29, 1.82) is 5.26 Å². The molecule has 1 aromatic rings. The van der Waals surface area contributed by atoms with Crippen molar-refractivity contribution in [2.24, 2.45) is 5.73 Å². The maximum absolute atomic E-state index is 12.5. The Morgan fingerprint density at radius 3 is 2.58 bits per heavy atom. The normalized spacial score (nSPS) is 29.1. The Hall–Kier alpha value is -1.93. The number of pyridine rings is 1. The van der Waals surface area contributed by atoms with Gasteiger partial charge in [-0.15, -0.1) is 0 Å². The van der Waals surface area contributed by atoms with Crippen LogP contribution in [-0.2, 0) is 0 Å². The van der Waals surface area contributed by atoms with Gasteiger partial charge in [0.2, 0.25) is 0 Å². The van der Waals surface area contributed by atoms with Gasteiger partial charge in [-0.3, -0.25) is 4.79 Å². The second-order valence-electron chi connectivity index (χ2n) is 5.37. The van der Waals surface area contributed by atoms with Gasteiger partial charge < -0.3 is 10.6 Å². The number of amides is 1. The molecule has 3 rings (SSSR count). The van der Waals surface area contributed by atoms with Gasteiger partial charge in [-0.25, -0.2) is 4.98 Å². The minimum absolute atomic E-state index is 0.0242. The van der Waals surface area contributed by atoms with E-state index in [2.05, 4.69) is 4.98 Å². The molecule has 0 saturated carbocycles. The largest absolute Gasteiger partial charge is 0.331 e. The van der Waals surface area contributed by atoms with Crippen LogP contribution in [0.4, 0.5) is 0 Å². The average Bonchev–Trinajstić information content (AvgIpc) is 2.70. The third kappa shape index (κ3) is 2.08. The number of rotatable bonds is 1. The molecule has 2 fully saturated rings. The van der Waals surface area contributed by atoms with E-state index in [0.717, 1.165) is 25.7 Å². The lowest BCUT2D eigenvalue weighted by atomic mass is 9.98. The van der Waals surface area contributed by atoms with Crippen LogP contribution in [-0.4, -0.2) is 33.9 Å². The fourth-order valence-electron chi connectivity index (χ4n) is 3.27. The van der Waals surface area contributed by atoms with Crippen molar-refractivity contribution >= 4 is 5.91 Å². The molecule has 2 aliphatic rings. The SMILES string of the molecule is N#Cc1ccc(C(=O)N2C3CCC2CC(N)C3)nc1. The van der Waals surface area contributed by atoms with E-state index in [1.807, 2.05) is 11.0 Å². The van der Waals surface area contributed by atoms with E-state index in [1.54, 1.807) is 12.1 Å². The lowest BCUT2D eigenvalue weighted by Crippen LogP contribution is -2.50. The van der Waals surface area contributed by atoms with Gasteiger partial charge in [0.15, 0.2) is 0 Å². The molecule has 0 aromatic carbocycles. The second kappa shape index (κ2) is 4.63. The van der Waals surface area contributed by atoms with Gasteiger partial charge in [0.05, 0.1) is 5.56 Å². The first-order valence-electron chi connectivity index (χ1n) is 6.63. The number of nitrogens with two attached hydrogens (primary N) is 1. The Kier molecular flexibility index (Phi) is 2.96. The maximum Gasteiger partial charge on any atom is 0.272 e. The Balaban J connectivity index is 1.82. The number of aromatic nitrogens is 1. The zero-order valence-corrected chi connectivity index (χ0v) is 10.6. The first-order valence-corrected chi connectivity index (χ1v) is 6.63. The first-order chi connectivity index (χ1) is 9.19. The molecule has 2 atom stereocenters. The molecule has 2 unspecified atom stereocenters. The van der Waals surface area contributed by atoms with E-state index in [9.17, 15) is 4.79 Å². The molecule has 0 spiro atoms. The molecule has 0 radical (unpaired) electrons. The molecule has 0 aliphatic carbocycles. The van der Waals surface area contributed by atoms with Crippen molar-refractivity contribution in [1.82, 2.24) is 9.88 Å². The summed E-state index contributed by atoms with van der Waals surface area (Å²) in [5.74, 6) is -0.0242. The van der Waals surface area contributed by atoms with Crippen LogP contribution in [0, 0.1) is 11.3 Å². The van der Waals surface area contributed by atoms with Crippen molar-refractivity contribution in [2.75, 3.05) is 0 Å². The lowest BCUT2D eigenvalue weighted by molar-refractivity contribution is 0.0569. The van der Waals surface area contributed by atoms with Crippen LogP contribution in [0.2, 0.25) is 0 Å². The van der Waals surface area contributed by atoms with Gasteiger partial charge in [0.1, 0.15) is 11.8 Å². The second-order valence-corrected chi connectivity index (χ2v) is 5.37. The van der Waals surface area contributed by atoms with E-state index in [4.69, 9.17) is 11.0 Å². The fourth-order valence-corrected chi connectivity index (χ4v) is 3.27. The molecule has 1 amide bonds. The van der Waals surface area contributed by atoms with E-state index in [-0.39, 0.29) is 24.0 Å². The first kappa shape index (κ1) is 12.1. The molecule has 3 heterocycles. The number of carbonyl (C=O) groups excluding carboxylic acids is 1. The van der Waals surface area contributed by atoms with Crippen LogP contribution in [0.5, 0.6) is 0 Å². The molecule has 2 aliphatic heterocycles. The summed E-state index contributed by atoms with van der Waals surface area (Å²) in [7, 11) is 0. The third-order valence-corrected chi connectivity index (χ3v) is 4.12. The number of hydrogen-bond acceptors (Lipinski definition) is 4. The Labute approximate surface area is 112 Å². The number of fused-ring (bicyclic) bond motifs is 2. The van der Waals surface area contributed by atoms with E-state index >= 15 is 0 Å². The van der Waals surface area contributed by atoms with Gasteiger partial charge in [-0.05, 0) is 37.8 Å². The highest BCUT2D eigenvalue weighted by Gasteiger charge is 2.42. The monoisotopic (exact) mass is 256 g/mol. The standard InChI is InChI=1S/C14H16N4O/c15-7-9-1-4-13(17-8-9)14(19)18-11-2-3-12(18)6-10(16)5-11/h1,4,8,10-12H,2-3,5-6,16H2. The van der Waals surface area contributed by atoms with Crippen LogP contribution in [0.3, 0.4) is 0 Å². The van der Waals surface area contributed by atoms with Crippen LogP contribution < -0.4 is 5.73 Å². The highest BCUT2D eigenvalue weighted by atomic mass is 16.2. The number of hydrogen-bond donors (Lipinski definition) is 1. The predicted octanol–water partition coefficient (Wildman–Crippen LogP) is 1.05. The van der Waals surface area contributed by atoms with Crippen molar-refractivity contribution in [2.45, 2.75) is 43.8 Å². The fraction of sp³-hybridized carbons (Fsp3) is 0.500. The van der Waals surface area contributed by atoms with Gasteiger partial charge >= 0.3 is 0 Å². The lowest BCUT2D eigenvalue weighted by Gasteiger charge is -2.37. The van der Waals surface area contributed by atoms with Crippen molar-refractivity contribution in [3.8, 4) is 6.07 Å².